The van der Waals surface area contributed by atoms with Crippen molar-refractivity contribution in [1.29, 1.82) is 0 Å². The summed E-state index contributed by atoms with van der Waals surface area (Å²) < 4.78 is 5.62. The number of aromatic amines is 1. The summed E-state index contributed by atoms with van der Waals surface area (Å²) in [6, 6.07) is 9.62. The Morgan fingerprint density at radius 2 is 2.21 bits per heavy atom. The minimum absolute atomic E-state index is 0.817. The Morgan fingerprint density at radius 3 is 3.00 bits per heavy atom. The monoisotopic (exact) mass is 184 g/mol. The third-order valence-corrected chi connectivity index (χ3v) is 2.15. The maximum atomic E-state index is 5.62. The molecule has 0 unspecified atom stereocenters. The van der Waals surface area contributed by atoms with E-state index >= 15 is 0 Å². The molecule has 0 saturated carbocycles. The molecule has 0 spiro atoms. The van der Waals surface area contributed by atoms with E-state index in [2.05, 4.69) is 9.97 Å². The number of H-pyrrole nitrogens is 1. The van der Waals surface area contributed by atoms with E-state index in [0.717, 1.165) is 22.6 Å². The molecule has 3 heteroatoms. The Hall–Kier alpha value is -2.03. The van der Waals surface area contributed by atoms with E-state index in [9.17, 15) is 0 Å². The largest absolute Gasteiger partial charge is 0.453 e. The standard InChI is InChI=1S/C11H8N2O/c1-3-8(12-5-1)11-7-9-10(14-11)4-2-6-13-9/h1-7,12H. The normalized spacial score (nSPS) is 10.9. The van der Waals surface area contributed by atoms with E-state index < -0.39 is 0 Å². The minimum Gasteiger partial charge on any atom is -0.453 e. The first-order valence-electron chi connectivity index (χ1n) is 4.42. The third-order valence-electron chi connectivity index (χ3n) is 2.15. The van der Waals surface area contributed by atoms with Crippen molar-refractivity contribution >= 4 is 11.1 Å². The zero-order valence-electron chi connectivity index (χ0n) is 7.40. The van der Waals surface area contributed by atoms with Crippen molar-refractivity contribution in [3.63, 3.8) is 0 Å². The number of hydrogen-bond donors (Lipinski definition) is 1. The second kappa shape index (κ2) is 2.73. The van der Waals surface area contributed by atoms with E-state index in [1.54, 1.807) is 6.20 Å². The predicted molar refractivity (Wildman–Crippen MR) is 53.8 cm³/mol. The summed E-state index contributed by atoms with van der Waals surface area (Å²) in [6.07, 6.45) is 3.63. The lowest BCUT2D eigenvalue weighted by Gasteiger charge is -1.87. The van der Waals surface area contributed by atoms with Crippen molar-refractivity contribution in [3.05, 3.63) is 42.7 Å². The number of nitrogens with one attached hydrogen (secondary N) is 1. The Balaban J connectivity index is 2.24. The number of pyridine rings is 1. The molecule has 0 bridgehead atoms. The van der Waals surface area contributed by atoms with Crippen molar-refractivity contribution in [2.45, 2.75) is 0 Å². The molecule has 0 aliphatic heterocycles. The SMILES string of the molecule is c1c[nH]c(-c2cc3ncccc3o2)c1. The molecule has 1 N–H and O–H groups in total. The van der Waals surface area contributed by atoms with Crippen LogP contribution in [0.3, 0.4) is 0 Å². The molecule has 0 saturated heterocycles. The fourth-order valence-corrected chi connectivity index (χ4v) is 1.49. The minimum atomic E-state index is 0.817. The van der Waals surface area contributed by atoms with Gasteiger partial charge in [-0.05, 0) is 24.3 Å². The van der Waals surface area contributed by atoms with E-state index in [1.807, 2.05) is 36.5 Å². The van der Waals surface area contributed by atoms with Crippen LogP contribution in [0, 0.1) is 0 Å². The van der Waals surface area contributed by atoms with Crippen molar-refractivity contribution in [2.75, 3.05) is 0 Å². The molecule has 0 atom stereocenters. The highest BCUT2D eigenvalue weighted by atomic mass is 16.3. The summed E-state index contributed by atoms with van der Waals surface area (Å²) in [7, 11) is 0. The van der Waals surface area contributed by atoms with Crippen molar-refractivity contribution in [1.82, 2.24) is 9.97 Å². The van der Waals surface area contributed by atoms with Gasteiger partial charge in [0.15, 0.2) is 11.3 Å². The van der Waals surface area contributed by atoms with E-state index in [4.69, 9.17) is 4.42 Å². The molecular weight excluding hydrogens is 176 g/mol. The van der Waals surface area contributed by atoms with Crippen molar-refractivity contribution < 1.29 is 4.42 Å². The van der Waals surface area contributed by atoms with Crippen LogP contribution in [0.2, 0.25) is 0 Å². The maximum absolute atomic E-state index is 5.62. The lowest BCUT2D eigenvalue weighted by Crippen LogP contribution is -1.69. The molecule has 3 nitrogen and oxygen atoms in total. The van der Waals surface area contributed by atoms with Gasteiger partial charge in [0.05, 0.1) is 5.69 Å². The van der Waals surface area contributed by atoms with Crippen LogP contribution in [-0.4, -0.2) is 9.97 Å². The van der Waals surface area contributed by atoms with Gasteiger partial charge in [0.25, 0.3) is 0 Å². The molecule has 3 aromatic heterocycles. The zero-order valence-corrected chi connectivity index (χ0v) is 7.40. The number of furan rings is 1. The summed E-state index contributed by atoms with van der Waals surface area (Å²) in [6.45, 7) is 0. The second-order valence-electron chi connectivity index (χ2n) is 3.08. The highest BCUT2D eigenvalue weighted by Crippen LogP contribution is 2.24. The number of nitrogens with zero attached hydrogens (tertiary/aromatic N) is 1. The quantitative estimate of drug-likeness (QED) is 0.631. The van der Waals surface area contributed by atoms with Crippen LogP contribution in [0.15, 0.2) is 47.1 Å². The van der Waals surface area contributed by atoms with Crippen LogP contribution in [0.1, 0.15) is 0 Å². The number of fused-ring (bicyclic) bond motifs is 1. The molecule has 0 radical (unpaired) electrons. The molecule has 3 rings (SSSR count). The molecule has 0 aromatic carbocycles. The van der Waals surface area contributed by atoms with Gasteiger partial charge in [-0.15, -0.1) is 0 Å². The summed E-state index contributed by atoms with van der Waals surface area (Å²) in [5, 5.41) is 0. The van der Waals surface area contributed by atoms with Crippen LogP contribution < -0.4 is 0 Å². The number of hydrogen-bond acceptors (Lipinski definition) is 2. The Morgan fingerprint density at radius 1 is 1.21 bits per heavy atom. The average Bonchev–Trinajstić information content (AvgIpc) is 2.86. The molecule has 14 heavy (non-hydrogen) atoms. The molecule has 3 aromatic rings. The lowest BCUT2D eigenvalue weighted by molar-refractivity contribution is 0.629. The van der Waals surface area contributed by atoms with Crippen LogP contribution in [0.5, 0.6) is 0 Å². The van der Waals surface area contributed by atoms with Gasteiger partial charge in [0.1, 0.15) is 5.52 Å². The van der Waals surface area contributed by atoms with Crippen molar-refractivity contribution in [3.8, 4) is 11.5 Å². The topological polar surface area (TPSA) is 41.8 Å². The number of rotatable bonds is 1. The predicted octanol–water partition coefficient (Wildman–Crippen LogP) is 2.82. The average molecular weight is 184 g/mol. The lowest BCUT2D eigenvalue weighted by atomic mass is 10.3. The molecule has 0 fully saturated rings. The highest BCUT2D eigenvalue weighted by Gasteiger charge is 2.05. The summed E-state index contributed by atoms with van der Waals surface area (Å²) in [5.74, 6) is 0.823. The van der Waals surface area contributed by atoms with Crippen LogP contribution >= 0.6 is 0 Å². The Bertz CT molecular complexity index is 518. The highest BCUT2D eigenvalue weighted by molar-refractivity contribution is 5.78. The Kier molecular flexibility index (Phi) is 1.44. The van der Waals surface area contributed by atoms with Gasteiger partial charge >= 0.3 is 0 Å². The van der Waals surface area contributed by atoms with Crippen LogP contribution in [-0.2, 0) is 0 Å². The van der Waals surface area contributed by atoms with Crippen LogP contribution in [0.4, 0.5) is 0 Å². The van der Waals surface area contributed by atoms with Gasteiger partial charge in [-0.3, -0.25) is 4.98 Å². The molecule has 0 aliphatic rings. The molecule has 0 aliphatic carbocycles. The van der Waals surface area contributed by atoms with Crippen LogP contribution in [0.25, 0.3) is 22.6 Å². The first-order valence-corrected chi connectivity index (χ1v) is 4.42. The molecule has 68 valence electrons. The van der Waals surface area contributed by atoms with E-state index in [-0.39, 0.29) is 0 Å². The first-order chi connectivity index (χ1) is 6.93. The summed E-state index contributed by atoms with van der Waals surface area (Å²) in [5.41, 5.74) is 2.68. The smallest absolute Gasteiger partial charge is 0.153 e. The van der Waals surface area contributed by atoms with Gasteiger partial charge in [-0.25, -0.2) is 0 Å². The maximum Gasteiger partial charge on any atom is 0.153 e. The van der Waals surface area contributed by atoms with Gasteiger partial charge in [0, 0.05) is 18.5 Å². The van der Waals surface area contributed by atoms with Gasteiger partial charge < -0.3 is 9.40 Å². The summed E-state index contributed by atoms with van der Waals surface area (Å²) >= 11 is 0. The molecule has 3 heterocycles. The molecular formula is C11H8N2O. The third kappa shape index (κ3) is 1.03. The van der Waals surface area contributed by atoms with Gasteiger partial charge in [-0.2, -0.15) is 0 Å². The van der Waals surface area contributed by atoms with Crippen molar-refractivity contribution in [2.24, 2.45) is 0 Å². The zero-order chi connectivity index (χ0) is 9.38. The first kappa shape index (κ1) is 7.38. The van der Waals surface area contributed by atoms with E-state index in [0.29, 0.717) is 0 Å². The van der Waals surface area contributed by atoms with Gasteiger partial charge in [-0.1, -0.05) is 0 Å². The van der Waals surface area contributed by atoms with E-state index in [1.165, 1.54) is 0 Å². The summed E-state index contributed by atoms with van der Waals surface area (Å²) in [4.78, 5) is 7.30. The number of aromatic nitrogens is 2. The van der Waals surface area contributed by atoms with Gasteiger partial charge in [0.2, 0.25) is 0 Å². The Labute approximate surface area is 80.4 Å². The fourth-order valence-electron chi connectivity index (χ4n) is 1.49. The fraction of sp³-hybridized carbons (Fsp3) is 0. The second-order valence-corrected chi connectivity index (χ2v) is 3.08. The molecule has 0 amide bonds.